The molecule has 0 saturated heterocycles. The summed E-state index contributed by atoms with van der Waals surface area (Å²) in [5, 5.41) is 0. The van der Waals surface area contributed by atoms with Crippen molar-refractivity contribution in [3.05, 3.63) is 113 Å². The fourth-order valence-electron chi connectivity index (χ4n) is 5.86. The molecular formula is C30H29N. The van der Waals surface area contributed by atoms with Gasteiger partial charge in [0.2, 0.25) is 0 Å². The minimum Gasteiger partial charge on any atom is -0.310 e. The first kappa shape index (κ1) is 18.7. The molecule has 154 valence electrons. The number of benzene rings is 3. The van der Waals surface area contributed by atoms with Gasteiger partial charge in [-0.15, -0.1) is 0 Å². The molecular weight excluding hydrogens is 374 g/mol. The van der Waals surface area contributed by atoms with E-state index in [1.165, 1.54) is 53.0 Å². The zero-order valence-corrected chi connectivity index (χ0v) is 18.4. The van der Waals surface area contributed by atoms with Gasteiger partial charge in [0.1, 0.15) is 0 Å². The van der Waals surface area contributed by atoms with Crippen molar-refractivity contribution in [2.24, 2.45) is 5.92 Å². The van der Waals surface area contributed by atoms with Gasteiger partial charge in [0.15, 0.2) is 0 Å². The largest absolute Gasteiger partial charge is 0.310 e. The summed E-state index contributed by atoms with van der Waals surface area (Å²) < 4.78 is 0. The maximum Gasteiger partial charge on any atom is 0.0502 e. The lowest BCUT2D eigenvalue weighted by Gasteiger charge is -2.42. The molecule has 0 amide bonds. The molecule has 31 heavy (non-hydrogen) atoms. The molecule has 0 spiro atoms. The van der Waals surface area contributed by atoms with E-state index in [4.69, 9.17) is 0 Å². The van der Waals surface area contributed by atoms with Crippen molar-refractivity contribution in [2.75, 3.05) is 4.90 Å². The topological polar surface area (TPSA) is 3.24 Å². The smallest absolute Gasteiger partial charge is 0.0502 e. The summed E-state index contributed by atoms with van der Waals surface area (Å²) in [4.78, 5) is 2.44. The molecule has 1 heterocycles. The van der Waals surface area contributed by atoms with Crippen molar-refractivity contribution in [3.8, 4) is 0 Å². The van der Waals surface area contributed by atoms with E-state index in [1.54, 1.807) is 11.1 Å². The van der Waals surface area contributed by atoms with Crippen LogP contribution in [0.2, 0.25) is 0 Å². The van der Waals surface area contributed by atoms with E-state index in [1.807, 2.05) is 0 Å². The number of nitrogens with zero attached hydrogens (tertiary/aromatic N) is 1. The van der Waals surface area contributed by atoms with Crippen LogP contribution in [0, 0.1) is 5.92 Å². The van der Waals surface area contributed by atoms with E-state index in [-0.39, 0.29) is 5.41 Å². The van der Waals surface area contributed by atoms with E-state index in [0.717, 1.165) is 12.3 Å². The Labute approximate surface area is 185 Å². The summed E-state index contributed by atoms with van der Waals surface area (Å²) >= 11 is 0. The van der Waals surface area contributed by atoms with Crippen LogP contribution in [-0.4, -0.2) is 0 Å². The highest BCUT2D eigenvalue weighted by Crippen LogP contribution is 2.52. The van der Waals surface area contributed by atoms with Crippen LogP contribution in [0.1, 0.15) is 49.8 Å². The molecule has 3 aromatic rings. The lowest BCUT2D eigenvalue weighted by molar-refractivity contribution is 0.623. The van der Waals surface area contributed by atoms with Gasteiger partial charge < -0.3 is 4.90 Å². The Morgan fingerprint density at radius 1 is 0.839 bits per heavy atom. The molecule has 3 aromatic carbocycles. The second-order valence-corrected chi connectivity index (χ2v) is 9.85. The van der Waals surface area contributed by atoms with Crippen LogP contribution in [0.5, 0.6) is 0 Å². The third-order valence-electron chi connectivity index (χ3n) is 7.60. The molecule has 0 radical (unpaired) electrons. The first-order valence-electron chi connectivity index (χ1n) is 11.6. The fourth-order valence-corrected chi connectivity index (χ4v) is 5.86. The highest BCUT2D eigenvalue weighted by atomic mass is 15.2. The van der Waals surface area contributed by atoms with E-state index < -0.39 is 0 Å². The zero-order chi connectivity index (χ0) is 21.0. The van der Waals surface area contributed by atoms with Gasteiger partial charge in [-0.2, -0.15) is 0 Å². The monoisotopic (exact) mass is 403 g/mol. The number of para-hydroxylation sites is 2. The lowest BCUT2D eigenvalue weighted by atomic mass is 9.72. The van der Waals surface area contributed by atoms with Crippen molar-refractivity contribution < 1.29 is 0 Å². The summed E-state index contributed by atoms with van der Waals surface area (Å²) in [6.07, 6.45) is 9.79. The van der Waals surface area contributed by atoms with E-state index in [2.05, 4.69) is 104 Å². The van der Waals surface area contributed by atoms with E-state index in [9.17, 15) is 0 Å². The second-order valence-electron chi connectivity index (χ2n) is 9.85. The highest BCUT2D eigenvalue weighted by Gasteiger charge is 2.37. The first-order chi connectivity index (χ1) is 15.1. The van der Waals surface area contributed by atoms with Crippen molar-refractivity contribution in [2.45, 2.75) is 44.9 Å². The predicted octanol–water partition coefficient (Wildman–Crippen LogP) is 8.00. The molecule has 1 heteroatoms. The van der Waals surface area contributed by atoms with E-state index in [0.29, 0.717) is 0 Å². The molecule has 1 unspecified atom stereocenters. The van der Waals surface area contributed by atoms with Crippen LogP contribution < -0.4 is 4.90 Å². The van der Waals surface area contributed by atoms with Gasteiger partial charge in [-0.25, -0.2) is 0 Å². The molecule has 0 N–H and O–H groups in total. The molecule has 1 fully saturated rings. The number of hydrogen-bond donors (Lipinski definition) is 0. The van der Waals surface area contributed by atoms with E-state index >= 15 is 0 Å². The van der Waals surface area contributed by atoms with Crippen molar-refractivity contribution in [1.29, 1.82) is 0 Å². The van der Waals surface area contributed by atoms with Gasteiger partial charge in [-0.05, 0) is 72.6 Å². The molecule has 2 bridgehead atoms. The summed E-state index contributed by atoms with van der Waals surface area (Å²) in [6.45, 7) is 4.76. The fraction of sp³-hybridized carbons (Fsp3) is 0.267. The van der Waals surface area contributed by atoms with Crippen LogP contribution in [0.15, 0.2) is 96.1 Å². The highest BCUT2D eigenvalue weighted by molar-refractivity contribution is 5.85. The summed E-state index contributed by atoms with van der Waals surface area (Å²) in [5.41, 5.74) is 11.3. The predicted molar refractivity (Wildman–Crippen MR) is 130 cm³/mol. The Balaban J connectivity index is 1.46. The van der Waals surface area contributed by atoms with Crippen LogP contribution in [0.4, 0.5) is 17.1 Å². The Morgan fingerprint density at radius 2 is 1.61 bits per heavy atom. The van der Waals surface area contributed by atoms with Crippen molar-refractivity contribution in [3.63, 3.8) is 0 Å². The number of anilines is 3. The lowest BCUT2D eigenvalue weighted by Crippen LogP contribution is -2.30. The van der Waals surface area contributed by atoms with Gasteiger partial charge in [-0.3, -0.25) is 0 Å². The average molecular weight is 404 g/mol. The molecule has 1 atom stereocenters. The Hall–Kier alpha value is -3.06. The van der Waals surface area contributed by atoms with Gasteiger partial charge in [0.25, 0.3) is 0 Å². The minimum atomic E-state index is -0.0331. The molecule has 3 aliphatic rings. The van der Waals surface area contributed by atoms with Crippen LogP contribution in [0.25, 0.3) is 0 Å². The minimum absolute atomic E-state index is 0.0331. The first-order valence-corrected chi connectivity index (χ1v) is 11.6. The number of hydrogen-bond acceptors (Lipinski definition) is 1. The molecule has 1 nitrogen and oxygen atoms in total. The maximum atomic E-state index is 2.48. The van der Waals surface area contributed by atoms with Gasteiger partial charge in [0.05, 0.1) is 11.4 Å². The quantitative estimate of drug-likeness (QED) is 0.428. The third kappa shape index (κ3) is 2.98. The Bertz CT molecular complexity index is 1210. The normalized spacial score (nSPS) is 20.6. The number of rotatable bonds is 3. The van der Waals surface area contributed by atoms with Crippen LogP contribution >= 0.6 is 0 Å². The molecule has 6 rings (SSSR count). The van der Waals surface area contributed by atoms with Gasteiger partial charge in [0, 0.05) is 11.1 Å². The molecule has 1 aliphatic heterocycles. The standard InChI is InChI=1S/C30H29N/c1-30(2)26-10-6-7-11-28(26)31(25-8-4-3-5-9-25)29-17-14-22(20-27(29)30)19-24-16-13-21-12-15-23(24)18-21/h3-11,13-14,16-17,20,23H,12,15,18-19H2,1-2H3. The summed E-state index contributed by atoms with van der Waals surface area (Å²) in [7, 11) is 0. The average Bonchev–Trinajstić information content (AvgIpc) is 3.19. The Kier molecular flexibility index (Phi) is 4.21. The third-order valence-corrected chi connectivity index (χ3v) is 7.60. The van der Waals surface area contributed by atoms with Crippen molar-refractivity contribution in [1.82, 2.24) is 0 Å². The zero-order valence-electron chi connectivity index (χ0n) is 18.4. The Morgan fingerprint density at radius 3 is 2.48 bits per heavy atom. The molecule has 2 aliphatic carbocycles. The van der Waals surface area contributed by atoms with Gasteiger partial charge in [-0.1, -0.05) is 85.7 Å². The number of allylic oxidation sites excluding steroid dienone is 4. The van der Waals surface area contributed by atoms with Crippen LogP contribution in [-0.2, 0) is 11.8 Å². The maximum absolute atomic E-state index is 2.48. The summed E-state index contributed by atoms with van der Waals surface area (Å²) in [5.74, 6) is 0.769. The van der Waals surface area contributed by atoms with Crippen LogP contribution in [0.3, 0.4) is 0 Å². The van der Waals surface area contributed by atoms with Gasteiger partial charge >= 0.3 is 0 Å². The van der Waals surface area contributed by atoms with Crippen molar-refractivity contribution >= 4 is 17.1 Å². The number of fused-ring (bicyclic) bond motifs is 4. The summed E-state index contributed by atoms with van der Waals surface area (Å²) in [6, 6.07) is 26.9. The second kappa shape index (κ2) is 6.99. The molecule has 0 aromatic heterocycles. The SMILES string of the molecule is CC1(C)c2ccccc2N(c2ccccc2)c2ccc(CC3=CC=C4CCC3C4)cc21. The molecule has 1 saturated carbocycles.